The highest BCUT2D eigenvalue weighted by molar-refractivity contribution is 5.78. The SMILES string of the molecule is O=C(Cc1ccccc1F)NCc1ccc(CN2CCCCC2)cc1. The third kappa shape index (κ3) is 5.40. The minimum absolute atomic E-state index is 0.0692. The topological polar surface area (TPSA) is 32.3 Å². The van der Waals surface area contributed by atoms with Crippen molar-refractivity contribution in [3.8, 4) is 0 Å². The van der Waals surface area contributed by atoms with Crippen molar-refractivity contribution in [2.45, 2.75) is 38.8 Å². The van der Waals surface area contributed by atoms with Crippen molar-refractivity contribution >= 4 is 5.91 Å². The van der Waals surface area contributed by atoms with Crippen LogP contribution in [0.1, 0.15) is 36.0 Å². The quantitative estimate of drug-likeness (QED) is 0.870. The fourth-order valence-corrected chi connectivity index (χ4v) is 3.22. The van der Waals surface area contributed by atoms with Crippen molar-refractivity contribution in [1.82, 2.24) is 10.2 Å². The lowest BCUT2D eigenvalue weighted by atomic mass is 10.1. The lowest BCUT2D eigenvalue weighted by Crippen LogP contribution is -2.29. The Bertz CT molecular complexity index is 693. The molecule has 1 amide bonds. The lowest BCUT2D eigenvalue weighted by Gasteiger charge is -2.26. The zero-order chi connectivity index (χ0) is 17.5. The van der Waals surface area contributed by atoms with E-state index in [2.05, 4.69) is 34.5 Å². The molecule has 1 saturated heterocycles. The van der Waals surface area contributed by atoms with E-state index in [1.165, 1.54) is 44.0 Å². The molecule has 132 valence electrons. The maximum Gasteiger partial charge on any atom is 0.224 e. The van der Waals surface area contributed by atoms with Gasteiger partial charge in [-0.1, -0.05) is 48.9 Å². The van der Waals surface area contributed by atoms with E-state index in [9.17, 15) is 9.18 Å². The van der Waals surface area contributed by atoms with Crippen LogP contribution in [0, 0.1) is 5.82 Å². The van der Waals surface area contributed by atoms with Gasteiger partial charge in [0, 0.05) is 13.1 Å². The molecular formula is C21H25FN2O. The summed E-state index contributed by atoms with van der Waals surface area (Å²) in [5, 5.41) is 2.86. The summed E-state index contributed by atoms with van der Waals surface area (Å²) in [4.78, 5) is 14.5. The molecule has 4 heteroatoms. The van der Waals surface area contributed by atoms with Crippen molar-refractivity contribution in [3.63, 3.8) is 0 Å². The minimum Gasteiger partial charge on any atom is -0.352 e. The van der Waals surface area contributed by atoms with Crippen LogP contribution in [-0.2, 0) is 24.3 Å². The zero-order valence-corrected chi connectivity index (χ0v) is 14.5. The molecule has 0 unspecified atom stereocenters. The van der Waals surface area contributed by atoms with Crippen LogP contribution < -0.4 is 5.32 Å². The number of carbonyl (C=O) groups is 1. The van der Waals surface area contributed by atoms with Crippen LogP contribution >= 0.6 is 0 Å². The molecule has 0 aliphatic carbocycles. The second kappa shape index (κ2) is 8.77. The first-order valence-corrected chi connectivity index (χ1v) is 9.01. The molecule has 2 aromatic rings. The number of benzene rings is 2. The fourth-order valence-electron chi connectivity index (χ4n) is 3.22. The number of hydrogen-bond acceptors (Lipinski definition) is 2. The largest absolute Gasteiger partial charge is 0.352 e. The summed E-state index contributed by atoms with van der Waals surface area (Å²) in [6.45, 7) is 3.85. The molecule has 0 atom stereocenters. The second-order valence-corrected chi connectivity index (χ2v) is 6.70. The van der Waals surface area contributed by atoms with Gasteiger partial charge in [-0.2, -0.15) is 0 Å². The van der Waals surface area contributed by atoms with Gasteiger partial charge in [0.1, 0.15) is 5.82 Å². The molecule has 25 heavy (non-hydrogen) atoms. The average Bonchev–Trinajstić information content (AvgIpc) is 2.64. The maximum absolute atomic E-state index is 13.6. The Morgan fingerprint density at radius 2 is 1.64 bits per heavy atom. The van der Waals surface area contributed by atoms with Crippen molar-refractivity contribution in [3.05, 3.63) is 71.0 Å². The number of nitrogens with one attached hydrogen (secondary N) is 1. The molecule has 3 nitrogen and oxygen atoms in total. The van der Waals surface area contributed by atoms with Crippen LogP contribution in [-0.4, -0.2) is 23.9 Å². The summed E-state index contributed by atoms with van der Waals surface area (Å²) in [5.74, 6) is -0.498. The number of hydrogen-bond donors (Lipinski definition) is 1. The van der Waals surface area contributed by atoms with E-state index in [4.69, 9.17) is 0 Å². The first-order chi connectivity index (χ1) is 12.2. The molecular weight excluding hydrogens is 315 g/mol. The number of rotatable bonds is 6. The molecule has 0 aromatic heterocycles. The lowest BCUT2D eigenvalue weighted by molar-refractivity contribution is -0.120. The van der Waals surface area contributed by atoms with E-state index in [-0.39, 0.29) is 18.1 Å². The van der Waals surface area contributed by atoms with Crippen LogP contribution in [0.25, 0.3) is 0 Å². The van der Waals surface area contributed by atoms with E-state index < -0.39 is 0 Å². The third-order valence-corrected chi connectivity index (χ3v) is 4.68. The third-order valence-electron chi connectivity index (χ3n) is 4.68. The molecule has 0 radical (unpaired) electrons. The Kier molecular flexibility index (Phi) is 6.18. The van der Waals surface area contributed by atoms with Crippen LogP contribution in [0.2, 0.25) is 0 Å². The first kappa shape index (κ1) is 17.6. The number of nitrogens with zero attached hydrogens (tertiary/aromatic N) is 1. The molecule has 1 N–H and O–H groups in total. The number of halogens is 1. The molecule has 0 spiro atoms. The monoisotopic (exact) mass is 340 g/mol. The second-order valence-electron chi connectivity index (χ2n) is 6.70. The normalized spacial score (nSPS) is 15.1. The Morgan fingerprint density at radius 3 is 2.36 bits per heavy atom. The van der Waals surface area contributed by atoms with E-state index >= 15 is 0 Å². The molecule has 1 heterocycles. The van der Waals surface area contributed by atoms with Gasteiger partial charge in [0.25, 0.3) is 0 Å². The predicted octanol–water partition coefficient (Wildman–Crippen LogP) is 3.67. The highest BCUT2D eigenvalue weighted by atomic mass is 19.1. The van der Waals surface area contributed by atoms with Crippen LogP contribution in [0.15, 0.2) is 48.5 Å². The van der Waals surface area contributed by atoms with Gasteiger partial charge in [-0.3, -0.25) is 9.69 Å². The molecule has 2 aromatic carbocycles. The van der Waals surface area contributed by atoms with Gasteiger partial charge in [-0.15, -0.1) is 0 Å². The summed E-state index contributed by atoms with van der Waals surface area (Å²) >= 11 is 0. The molecule has 1 aliphatic rings. The highest BCUT2D eigenvalue weighted by Gasteiger charge is 2.10. The Labute approximate surface area is 148 Å². The molecule has 0 bridgehead atoms. The number of likely N-dealkylation sites (tertiary alicyclic amines) is 1. The standard InChI is InChI=1S/C21H25FN2O/c22-20-7-3-2-6-19(20)14-21(25)23-15-17-8-10-18(11-9-17)16-24-12-4-1-5-13-24/h2-3,6-11H,1,4-5,12-16H2,(H,23,25). The van der Waals surface area contributed by atoms with Crippen molar-refractivity contribution in [1.29, 1.82) is 0 Å². The van der Waals surface area contributed by atoms with Gasteiger partial charge < -0.3 is 5.32 Å². The number of amides is 1. The summed E-state index contributed by atoms with van der Waals surface area (Å²) in [6, 6.07) is 14.8. The number of piperidine rings is 1. The average molecular weight is 340 g/mol. The van der Waals surface area contributed by atoms with Crippen LogP contribution in [0.5, 0.6) is 0 Å². The maximum atomic E-state index is 13.6. The van der Waals surface area contributed by atoms with Crippen molar-refractivity contribution in [2.24, 2.45) is 0 Å². The van der Waals surface area contributed by atoms with Gasteiger partial charge in [0.15, 0.2) is 0 Å². The Morgan fingerprint density at radius 1 is 0.960 bits per heavy atom. The molecule has 0 saturated carbocycles. The number of carbonyl (C=O) groups excluding carboxylic acids is 1. The fraction of sp³-hybridized carbons (Fsp3) is 0.381. The summed E-state index contributed by atoms with van der Waals surface area (Å²) < 4.78 is 13.6. The summed E-state index contributed by atoms with van der Waals surface area (Å²) in [7, 11) is 0. The molecule has 1 fully saturated rings. The van der Waals surface area contributed by atoms with E-state index in [0.717, 1.165) is 12.1 Å². The highest BCUT2D eigenvalue weighted by Crippen LogP contribution is 2.14. The summed E-state index contributed by atoms with van der Waals surface area (Å²) in [5.41, 5.74) is 2.80. The van der Waals surface area contributed by atoms with Crippen LogP contribution in [0.3, 0.4) is 0 Å². The predicted molar refractivity (Wildman–Crippen MR) is 97.5 cm³/mol. The minimum atomic E-state index is -0.334. The van der Waals surface area contributed by atoms with E-state index in [0.29, 0.717) is 12.1 Å². The van der Waals surface area contributed by atoms with Gasteiger partial charge in [-0.05, 0) is 48.7 Å². The van der Waals surface area contributed by atoms with E-state index in [1.54, 1.807) is 18.2 Å². The Hall–Kier alpha value is -2.20. The zero-order valence-electron chi connectivity index (χ0n) is 14.5. The smallest absolute Gasteiger partial charge is 0.224 e. The van der Waals surface area contributed by atoms with Crippen molar-refractivity contribution in [2.75, 3.05) is 13.1 Å². The summed E-state index contributed by atoms with van der Waals surface area (Å²) in [6.07, 6.45) is 4.01. The van der Waals surface area contributed by atoms with Gasteiger partial charge in [0.2, 0.25) is 5.91 Å². The van der Waals surface area contributed by atoms with Gasteiger partial charge >= 0.3 is 0 Å². The van der Waals surface area contributed by atoms with E-state index in [1.807, 2.05) is 0 Å². The van der Waals surface area contributed by atoms with Crippen LogP contribution in [0.4, 0.5) is 4.39 Å². The van der Waals surface area contributed by atoms with Crippen molar-refractivity contribution < 1.29 is 9.18 Å². The van der Waals surface area contributed by atoms with Gasteiger partial charge in [0.05, 0.1) is 6.42 Å². The first-order valence-electron chi connectivity index (χ1n) is 9.01. The molecule has 1 aliphatic heterocycles. The molecule has 3 rings (SSSR count). The Balaban J connectivity index is 1.46. The van der Waals surface area contributed by atoms with Gasteiger partial charge in [-0.25, -0.2) is 4.39 Å².